The lowest BCUT2D eigenvalue weighted by molar-refractivity contribution is -0.143. The van der Waals surface area contributed by atoms with Gasteiger partial charge in [-0.2, -0.15) is 0 Å². The number of carbonyl (C=O) groups excluding carboxylic acids is 2. The molecule has 172 valence electrons. The zero-order chi connectivity index (χ0) is 23.6. The Morgan fingerprint density at radius 3 is 2.30 bits per heavy atom. The average molecular weight is 443 g/mol. The van der Waals surface area contributed by atoms with Crippen LogP contribution in [0.15, 0.2) is 77.9 Å². The van der Waals surface area contributed by atoms with Crippen LogP contribution in [-0.2, 0) is 14.3 Å². The van der Waals surface area contributed by atoms with Crippen molar-refractivity contribution in [3.8, 4) is 0 Å². The number of benzene rings is 2. The largest absolute Gasteiger partial charge is 0.463 e. The third-order valence-corrected chi connectivity index (χ3v) is 7.43. The summed E-state index contributed by atoms with van der Waals surface area (Å²) in [6.45, 7) is 8.83. The number of rotatable bonds is 4. The second-order valence-corrected chi connectivity index (χ2v) is 10.4. The van der Waals surface area contributed by atoms with Gasteiger partial charge in [-0.25, -0.2) is 4.79 Å². The topological polar surface area (TPSA) is 43.4 Å². The molecule has 3 atom stereocenters. The highest BCUT2D eigenvalue weighted by Gasteiger charge is 2.58. The fraction of sp³-hybridized carbons (Fsp3) is 0.400. The second kappa shape index (κ2) is 9.13. The van der Waals surface area contributed by atoms with Crippen LogP contribution in [0.3, 0.4) is 0 Å². The van der Waals surface area contributed by atoms with E-state index in [-0.39, 0.29) is 29.0 Å². The van der Waals surface area contributed by atoms with Crippen molar-refractivity contribution in [2.24, 2.45) is 16.7 Å². The predicted octanol–water partition coefficient (Wildman–Crippen LogP) is 6.76. The van der Waals surface area contributed by atoms with Gasteiger partial charge in [0, 0.05) is 11.5 Å². The summed E-state index contributed by atoms with van der Waals surface area (Å²) < 4.78 is 5.48. The normalized spacial score (nSPS) is 26.5. The van der Waals surface area contributed by atoms with E-state index in [0.29, 0.717) is 25.0 Å². The highest BCUT2D eigenvalue weighted by Crippen LogP contribution is 2.60. The number of hydrogen-bond acceptors (Lipinski definition) is 3. The van der Waals surface area contributed by atoms with Gasteiger partial charge in [0.15, 0.2) is 5.78 Å². The minimum Gasteiger partial charge on any atom is -0.463 e. The molecule has 3 nitrogen and oxygen atoms in total. The summed E-state index contributed by atoms with van der Waals surface area (Å²) in [5.74, 6) is -0.0855. The smallest absolute Gasteiger partial charge is 0.334 e. The van der Waals surface area contributed by atoms with Crippen LogP contribution in [-0.4, -0.2) is 18.4 Å². The van der Waals surface area contributed by atoms with E-state index in [1.807, 2.05) is 67.6 Å². The Bertz CT molecular complexity index is 1070. The molecule has 4 rings (SSSR count). The van der Waals surface area contributed by atoms with Gasteiger partial charge in [0.05, 0.1) is 12.0 Å². The minimum absolute atomic E-state index is 0.00687. The van der Waals surface area contributed by atoms with Crippen molar-refractivity contribution in [2.75, 3.05) is 6.61 Å². The molecule has 2 aliphatic carbocycles. The number of carbonyl (C=O) groups is 2. The van der Waals surface area contributed by atoms with Gasteiger partial charge in [-0.1, -0.05) is 87.5 Å². The maximum atomic E-state index is 14.4. The van der Waals surface area contributed by atoms with Gasteiger partial charge in [-0.3, -0.25) is 4.79 Å². The molecule has 0 radical (unpaired) electrons. The second-order valence-electron chi connectivity index (χ2n) is 10.4. The minimum atomic E-state index is -0.898. The van der Waals surface area contributed by atoms with Crippen LogP contribution in [0, 0.1) is 16.7 Å². The molecule has 2 aromatic carbocycles. The van der Waals surface area contributed by atoms with Gasteiger partial charge in [-0.15, -0.1) is 0 Å². The van der Waals surface area contributed by atoms with Gasteiger partial charge in [0.1, 0.15) is 0 Å². The van der Waals surface area contributed by atoms with Gasteiger partial charge in [0.25, 0.3) is 0 Å². The van der Waals surface area contributed by atoms with Crippen molar-refractivity contribution < 1.29 is 14.3 Å². The summed E-state index contributed by atoms with van der Waals surface area (Å²) >= 11 is 0. The first-order valence-corrected chi connectivity index (χ1v) is 12.0. The molecule has 2 aliphatic rings. The third kappa shape index (κ3) is 4.34. The van der Waals surface area contributed by atoms with Crippen molar-refractivity contribution >= 4 is 17.8 Å². The molecule has 0 amide bonds. The van der Waals surface area contributed by atoms with Gasteiger partial charge in [-0.05, 0) is 60.3 Å². The fourth-order valence-corrected chi connectivity index (χ4v) is 5.61. The van der Waals surface area contributed by atoms with E-state index in [2.05, 4.69) is 32.9 Å². The first-order valence-electron chi connectivity index (χ1n) is 12.0. The zero-order valence-corrected chi connectivity index (χ0v) is 20.1. The first kappa shape index (κ1) is 23.2. The Kier molecular flexibility index (Phi) is 6.43. The van der Waals surface area contributed by atoms with Crippen molar-refractivity contribution in [1.82, 2.24) is 0 Å². The Morgan fingerprint density at radius 1 is 1.06 bits per heavy atom. The summed E-state index contributed by atoms with van der Waals surface area (Å²) in [5.41, 5.74) is 2.58. The highest BCUT2D eigenvalue weighted by molar-refractivity contribution is 6.12. The predicted molar refractivity (Wildman–Crippen MR) is 133 cm³/mol. The summed E-state index contributed by atoms with van der Waals surface area (Å²) in [7, 11) is 0. The fourth-order valence-electron chi connectivity index (χ4n) is 5.61. The summed E-state index contributed by atoms with van der Waals surface area (Å²) in [6, 6.07) is 20.2. The van der Waals surface area contributed by atoms with E-state index >= 15 is 0 Å². The molecule has 3 heteroatoms. The average Bonchev–Trinajstić information content (AvgIpc) is 3.17. The zero-order valence-electron chi connectivity index (χ0n) is 20.1. The van der Waals surface area contributed by atoms with E-state index < -0.39 is 5.41 Å². The summed E-state index contributed by atoms with van der Waals surface area (Å²) in [6.07, 6.45) is 6.05. The number of esters is 1. The maximum Gasteiger partial charge on any atom is 0.334 e. The van der Waals surface area contributed by atoms with Crippen LogP contribution in [0.4, 0.5) is 0 Å². The lowest BCUT2D eigenvalue weighted by Gasteiger charge is -2.47. The molecule has 0 saturated heterocycles. The van der Waals surface area contributed by atoms with Crippen LogP contribution in [0.25, 0.3) is 6.08 Å². The van der Waals surface area contributed by atoms with E-state index in [1.54, 1.807) is 0 Å². The molecule has 1 spiro atoms. The number of Topliss-reactive ketones (excluding diaryl/α,β-unsaturated/α-hetero) is 1. The Morgan fingerprint density at radius 2 is 1.70 bits per heavy atom. The molecule has 0 heterocycles. The number of ketones is 1. The Balaban J connectivity index is 1.90. The molecule has 1 unspecified atom stereocenters. The Hall–Kier alpha value is -2.94. The van der Waals surface area contributed by atoms with Crippen molar-refractivity contribution in [1.29, 1.82) is 0 Å². The molecule has 2 aromatic rings. The maximum absolute atomic E-state index is 14.4. The van der Waals surface area contributed by atoms with Crippen molar-refractivity contribution in [2.45, 2.75) is 52.9 Å². The highest BCUT2D eigenvalue weighted by atomic mass is 16.5. The first-order chi connectivity index (χ1) is 15.8. The molecule has 0 N–H and O–H groups in total. The van der Waals surface area contributed by atoms with E-state index in [0.717, 1.165) is 23.1 Å². The molecule has 0 aliphatic heterocycles. The van der Waals surface area contributed by atoms with Crippen molar-refractivity contribution in [3.05, 3.63) is 89.0 Å². The van der Waals surface area contributed by atoms with Crippen LogP contribution in [0.2, 0.25) is 0 Å². The van der Waals surface area contributed by atoms with Crippen LogP contribution < -0.4 is 0 Å². The standard InChI is InChI=1S/C30H34O3/c1-5-33-28(32)26-17-16-25(22-14-10-7-11-15-22)30(26)20-24(29(2,3)4)19-23(27(30)31)18-21-12-8-6-9-13-21/h6-15,17-18,24-25H,5,16,19-20H2,1-4H3/b23-18+/t24?,25-,30-/m1/s1. The quantitative estimate of drug-likeness (QED) is 0.388. The molecule has 0 bridgehead atoms. The lowest BCUT2D eigenvalue weighted by Crippen LogP contribution is -2.47. The molecular formula is C30H34O3. The molecular weight excluding hydrogens is 408 g/mol. The van der Waals surface area contributed by atoms with E-state index in [4.69, 9.17) is 4.74 Å². The van der Waals surface area contributed by atoms with Crippen LogP contribution in [0.5, 0.6) is 0 Å². The van der Waals surface area contributed by atoms with Crippen molar-refractivity contribution in [3.63, 3.8) is 0 Å². The Labute approximate surface area is 197 Å². The van der Waals surface area contributed by atoms with Gasteiger partial charge >= 0.3 is 5.97 Å². The molecule has 1 fully saturated rings. The van der Waals surface area contributed by atoms with Crippen LogP contribution >= 0.6 is 0 Å². The third-order valence-electron chi connectivity index (χ3n) is 7.43. The number of hydrogen-bond donors (Lipinski definition) is 0. The van der Waals surface area contributed by atoms with E-state index in [9.17, 15) is 9.59 Å². The van der Waals surface area contributed by atoms with Gasteiger partial charge in [0.2, 0.25) is 0 Å². The molecule has 1 saturated carbocycles. The molecule has 33 heavy (non-hydrogen) atoms. The van der Waals surface area contributed by atoms with E-state index in [1.165, 1.54) is 0 Å². The van der Waals surface area contributed by atoms with Gasteiger partial charge < -0.3 is 4.74 Å². The summed E-state index contributed by atoms with van der Waals surface area (Å²) in [5, 5.41) is 0. The number of ether oxygens (including phenoxy) is 1. The monoisotopic (exact) mass is 442 g/mol. The molecule has 0 aromatic heterocycles. The SMILES string of the molecule is CCOC(=O)C1=CC[C@H](c2ccccc2)[C@]12CC(C(C)(C)C)C/C(=C\c1ccccc1)C2=O. The summed E-state index contributed by atoms with van der Waals surface area (Å²) in [4.78, 5) is 27.6. The van der Waals surface area contributed by atoms with Crippen LogP contribution in [0.1, 0.15) is 64.0 Å². The number of allylic oxidation sites excluding steroid dienone is 2. The lowest BCUT2D eigenvalue weighted by atomic mass is 9.54.